The van der Waals surface area contributed by atoms with Gasteiger partial charge in [-0.05, 0) is 17.5 Å². The van der Waals surface area contributed by atoms with Crippen LogP contribution in [0.3, 0.4) is 0 Å². The van der Waals surface area contributed by atoms with Crippen molar-refractivity contribution in [1.29, 1.82) is 0 Å². The monoisotopic (exact) mass is 387 g/mol. The molecule has 0 aliphatic heterocycles. The lowest BCUT2D eigenvalue weighted by Crippen LogP contribution is -2.32. The van der Waals surface area contributed by atoms with Crippen LogP contribution in [0, 0.1) is 0 Å². The van der Waals surface area contributed by atoms with Crippen LogP contribution in [0.4, 0.5) is 0 Å². The summed E-state index contributed by atoms with van der Waals surface area (Å²) >= 11 is 0. The van der Waals surface area contributed by atoms with E-state index in [4.69, 9.17) is 25.1 Å². The first kappa shape index (κ1) is 22.9. The molecule has 7 heteroatoms. The summed E-state index contributed by atoms with van der Waals surface area (Å²) in [6, 6.07) is 17.9. The van der Waals surface area contributed by atoms with Gasteiger partial charge in [0.25, 0.3) is 5.97 Å². The summed E-state index contributed by atoms with van der Waals surface area (Å²) in [7, 11) is 0. The fraction of sp³-hybridized carbons (Fsp3) is 0.286. The minimum absolute atomic E-state index is 0.0778. The van der Waals surface area contributed by atoms with E-state index in [2.05, 4.69) is 0 Å². The summed E-state index contributed by atoms with van der Waals surface area (Å²) < 4.78 is 10.3. The predicted molar refractivity (Wildman–Crippen MR) is 103 cm³/mol. The molecule has 0 saturated carbocycles. The van der Waals surface area contributed by atoms with Crippen LogP contribution in [0.1, 0.15) is 30.9 Å². The number of benzene rings is 2. The van der Waals surface area contributed by atoms with E-state index in [1.165, 1.54) is 0 Å². The molecule has 1 atom stereocenters. The lowest BCUT2D eigenvalue weighted by molar-refractivity contribution is -0.148. The number of carbonyl (C=O) groups excluding carboxylic acids is 2. The summed E-state index contributed by atoms with van der Waals surface area (Å²) in [6.45, 7) is 1.47. The SMILES string of the molecule is CC(=O)O.N[C@@H](CCC(=O)OCc1ccccc1)C(=O)OCc1ccccc1. The van der Waals surface area contributed by atoms with Gasteiger partial charge in [-0.2, -0.15) is 0 Å². The molecule has 0 aliphatic rings. The Bertz CT molecular complexity index is 729. The van der Waals surface area contributed by atoms with Crippen LogP contribution in [-0.2, 0) is 37.1 Å². The van der Waals surface area contributed by atoms with Gasteiger partial charge in [-0.25, -0.2) is 0 Å². The van der Waals surface area contributed by atoms with Crippen molar-refractivity contribution in [3.8, 4) is 0 Å². The second-order valence-corrected chi connectivity index (χ2v) is 5.90. The van der Waals surface area contributed by atoms with Crippen LogP contribution in [-0.4, -0.2) is 29.1 Å². The van der Waals surface area contributed by atoms with E-state index in [0.717, 1.165) is 18.1 Å². The van der Waals surface area contributed by atoms with E-state index < -0.39 is 18.0 Å². The molecule has 0 bridgehead atoms. The topological polar surface area (TPSA) is 116 Å². The predicted octanol–water partition coefficient (Wildman–Crippen LogP) is 2.67. The molecule has 0 aliphatic carbocycles. The van der Waals surface area contributed by atoms with Gasteiger partial charge in [-0.3, -0.25) is 14.4 Å². The highest BCUT2D eigenvalue weighted by Crippen LogP contribution is 2.06. The van der Waals surface area contributed by atoms with E-state index >= 15 is 0 Å². The highest BCUT2D eigenvalue weighted by Gasteiger charge is 2.17. The molecule has 7 nitrogen and oxygen atoms in total. The Morgan fingerprint density at radius 2 is 1.32 bits per heavy atom. The average molecular weight is 387 g/mol. The van der Waals surface area contributed by atoms with Crippen LogP contribution in [0.5, 0.6) is 0 Å². The molecule has 0 unspecified atom stereocenters. The molecule has 2 aromatic carbocycles. The first-order valence-corrected chi connectivity index (χ1v) is 8.73. The van der Waals surface area contributed by atoms with Gasteiger partial charge in [0.15, 0.2) is 0 Å². The number of ether oxygens (including phenoxy) is 2. The molecule has 0 radical (unpaired) electrons. The fourth-order valence-corrected chi connectivity index (χ4v) is 2.04. The lowest BCUT2D eigenvalue weighted by atomic mass is 10.1. The van der Waals surface area contributed by atoms with Crippen molar-refractivity contribution in [2.75, 3.05) is 0 Å². The zero-order chi connectivity index (χ0) is 20.8. The Hall–Kier alpha value is -3.19. The van der Waals surface area contributed by atoms with Crippen molar-refractivity contribution in [3.63, 3.8) is 0 Å². The van der Waals surface area contributed by atoms with Crippen molar-refractivity contribution in [3.05, 3.63) is 71.8 Å². The van der Waals surface area contributed by atoms with Gasteiger partial charge in [0, 0.05) is 13.3 Å². The zero-order valence-electron chi connectivity index (χ0n) is 15.7. The highest BCUT2D eigenvalue weighted by atomic mass is 16.5. The van der Waals surface area contributed by atoms with Gasteiger partial charge in [-0.1, -0.05) is 60.7 Å². The van der Waals surface area contributed by atoms with Gasteiger partial charge in [0.05, 0.1) is 0 Å². The average Bonchev–Trinajstić information content (AvgIpc) is 2.69. The van der Waals surface area contributed by atoms with Gasteiger partial charge in [-0.15, -0.1) is 0 Å². The molecule has 0 heterocycles. The number of carbonyl (C=O) groups is 3. The summed E-state index contributed by atoms with van der Waals surface area (Å²) in [4.78, 5) is 32.5. The van der Waals surface area contributed by atoms with E-state index in [-0.39, 0.29) is 32.0 Å². The molecule has 0 saturated heterocycles. The molecule has 0 fully saturated rings. The quantitative estimate of drug-likeness (QED) is 0.669. The second-order valence-electron chi connectivity index (χ2n) is 5.90. The molecular formula is C21H25NO6. The van der Waals surface area contributed by atoms with E-state index in [1.54, 1.807) is 0 Å². The molecule has 0 aromatic heterocycles. The maximum Gasteiger partial charge on any atom is 0.323 e. The summed E-state index contributed by atoms with van der Waals surface area (Å²) in [5, 5.41) is 7.42. The standard InChI is InChI=1S/C19H21NO4.C2H4O2/c20-17(19(22)24-14-16-9-5-2-6-10-16)11-12-18(21)23-13-15-7-3-1-4-8-15;1-2(3)4/h1-10,17H,11-14,20H2;1H3,(H,3,4)/t17-;/m0./s1. The number of hydrogen-bond acceptors (Lipinski definition) is 6. The van der Waals surface area contributed by atoms with Crippen LogP contribution < -0.4 is 5.73 Å². The first-order valence-electron chi connectivity index (χ1n) is 8.73. The van der Waals surface area contributed by atoms with Crippen molar-refractivity contribution < 1.29 is 29.0 Å². The van der Waals surface area contributed by atoms with Gasteiger partial charge in [0.1, 0.15) is 19.3 Å². The summed E-state index contributed by atoms with van der Waals surface area (Å²) in [6.07, 6.45) is 0.273. The van der Waals surface area contributed by atoms with Crippen LogP contribution in [0.25, 0.3) is 0 Å². The molecule has 0 spiro atoms. The smallest absolute Gasteiger partial charge is 0.323 e. The fourth-order valence-electron chi connectivity index (χ4n) is 2.04. The number of carboxylic acids is 1. The Kier molecular flexibility index (Phi) is 10.7. The number of aliphatic carboxylic acids is 1. The summed E-state index contributed by atoms with van der Waals surface area (Å²) in [5.41, 5.74) is 7.56. The Morgan fingerprint density at radius 1 is 0.893 bits per heavy atom. The Balaban J connectivity index is 0.000000892. The number of esters is 2. The number of hydrogen-bond donors (Lipinski definition) is 2. The van der Waals surface area contributed by atoms with E-state index in [0.29, 0.717) is 0 Å². The van der Waals surface area contributed by atoms with Crippen molar-refractivity contribution in [2.45, 2.75) is 39.0 Å². The maximum absolute atomic E-state index is 11.8. The third-order valence-electron chi connectivity index (χ3n) is 3.43. The Morgan fingerprint density at radius 3 is 1.79 bits per heavy atom. The van der Waals surface area contributed by atoms with Crippen LogP contribution in [0.15, 0.2) is 60.7 Å². The molecule has 2 rings (SSSR count). The minimum Gasteiger partial charge on any atom is -0.481 e. The third-order valence-corrected chi connectivity index (χ3v) is 3.43. The van der Waals surface area contributed by atoms with Gasteiger partial charge in [0.2, 0.25) is 0 Å². The third kappa shape index (κ3) is 10.7. The molecule has 0 amide bonds. The largest absolute Gasteiger partial charge is 0.481 e. The number of nitrogens with two attached hydrogens (primary N) is 1. The normalized spacial score (nSPS) is 10.8. The van der Waals surface area contributed by atoms with Crippen LogP contribution in [0.2, 0.25) is 0 Å². The highest BCUT2D eigenvalue weighted by molar-refractivity contribution is 5.77. The maximum atomic E-state index is 11.8. The minimum atomic E-state index is -0.835. The Labute approximate surface area is 164 Å². The van der Waals surface area contributed by atoms with Crippen molar-refractivity contribution in [2.24, 2.45) is 5.73 Å². The molecular weight excluding hydrogens is 362 g/mol. The van der Waals surface area contributed by atoms with Gasteiger partial charge >= 0.3 is 11.9 Å². The molecule has 2 aromatic rings. The zero-order valence-corrected chi connectivity index (χ0v) is 15.7. The molecule has 28 heavy (non-hydrogen) atoms. The van der Waals surface area contributed by atoms with Crippen molar-refractivity contribution in [1.82, 2.24) is 0 Å². The second kappa shape index (κ2) is 13.1. The number of carboxylic acid groups (broad SMARTS) is 1. The summed E-state index contributed by atoms with van der Waals surface area (Å²) in [5.74, 6) is -1.74. The number of rotatable bonds is 8. The van der Waals surface area contributed by atoms with Crippen LogP contribution >= 0.6 is 0 Å². The molecule has 3 N–H and O–H groups in total. The van der Waals surface area contributed by atoms with Gasteiger partial charge < -0.3 is 20.3 Å². The van der Waals surface area contributed by atoms with Crippen molar-refractivity contribution >= 4 is 17.9 Å². The first-order chi connectivity index (χ1) is 13.4. The molecule has 150 valence electrons. The lowest BCUT2D eigenvalue weighted by Gasteiger charge is -2.11. The van der Waals surface area contributed by atoms with E-state index in [9.17, 15) is 9.59 Å². The van der Waals surface area contributed by atoms with E-state index in [1.807, 2.05) is 60.7 Å².